The van der Waals surface area contributed by atoms with Crippen LogP contribution in [-0.4, -0.2) is 37.2 Å². The number of carbonyl (C=O) groups is 3. The SMILES string of the molecule is CC/C=C\C/C=C\C/C=C\C/C=C\C/C=C\CCCCCC(=O)OCC(COC(=O)CCCCCCC/C=C\CCCCC)OC(=O)CCCCC/C=C\CCCCCCCC. The highest BCUT2D eigenvalue weighted by Gasteiger charge is 2.19. The van der Waals surface area contributed by atoms with Gasteiger partial charge in [-0.3, -0.25) is 14.4 Å². The molecule has 0 spiro atoms. The molecule has 1 unspecified atom stereocenters. The summed E-state index contributed by atoms with van der Waals surface area (Å²) in [4.78, 5) is 37.9. The minimum absolute atomic E-state index is 0.0981. The maximum absolute atomic E-state index is 12.8. The number of ether oxygens (including phenoxy) is 3. The van der Waals surface area contributed by atoms with Crippen molar-refractivity contribution in [3.05, 3.63) is 85.1 Å². The summed E-state index contributed by atoms with van der Waals surface area (Å²) in [7, 11) is 0. The van der Waals surface area contributed by atoms with Gasteiger partial charge < -0.3 is 14.2 Å². The van der Waals surface area contributed by atoms with Crippen LogP contribution in [0.25, 0.3) is 0 Å². The van der Waals surface area contributed by atoms with Crippen LogP contribution < -0.4 is 0 Å². The van der Waals surface area contributed by atoms with E-state index in [0.717, 1.165) is 122 Å². The number of unbranched alkanes of at least 4 members (excludes halogenated alkanes) is 20. The molecule has 0 saturated heterocycles. The number of allylic oxidation sites excluding steroid dienone is 14. The summed E-state index contributed by atoms with van der Waals surface area (Å²) in [5.41, 5.74) is 0. The predicted octanol–water partition coefficient (Wildman–Crippen LogP) is 16.8. The topological polar surface area (TPSA) is 78.9 Å². The van der Waals surface area contributed by atoms with Crippen molar-refractivity contribution in [3.8, 4) is 0 Å². The molecule has 0 aromatic carbocycles. The molecule has 0 rings (SSSR count). The van der Waals surface area contributed by atoms with Crippen LogP contribution in [-0.2, 0) is 28.6 Å². The molecular weight excluding hydrogens is 769 g/mol. The summed E-state index contributed by atoms with van der Waals surface area (Å²) in [6.45, 7) is 6.43. The highest BCUT2D eigenvalue weighted by atomic mass is 16.6. The zero-order valence-corrected chi connectivity index (χ0v) is 40.4. The van der Waals surface area contributed by atoms with Gasteiger partial charge in [0.2, 0.25) is 0 Å². The fraction of sp³-hybridized carbons (Fsp3) is 0.696. The zero-order valence-electron chi connectivity index (χ0n) is 40.4. The molecule has 0 aliphatic carbocycles. The molecule has 0 amide bonds. The van der Waals surface area contributed by atoms with Gasteiger partial charge in [-0.15, -0.1) is 0 Å². The predicted molar refractivity (Wildman–Crippen MR) is 265 cm³/mol. The quantitative estimate of drug-likeness (QED) is 0.0263. The first-order valence-corrected chi connectivity index (χ1v) is 25.6. The Balaban J connectivity index is 4.46. The molecule has 0 saturated carbocycles. The minimum atomic E-state index is -0.800. The molecule has 0 aromatic rings. The van der Waals surface area contributed by atoms with Gasteiger partial charge in [0, 0.05) is 19.3 Å². The van der Waals surface area contributed by atoms with E-state index in [1.807, 2.05) is 0 Å². The normalized spacial score (nSPS) is 12.8. The molecule has 62 heavy (non-hydrogen) atoms. The van der Waals surface area contributed by atoms with Gasteiger partial charge >= 0.3 is 17.9 Å². The Morgan fingerprint density at radius 1 is 0.339 bits per heavy atom. The second-order valence-electron chi connectivity index (χ2n) is 16.7. The van der Waals surface area contributed by atoms with Crippen LogP contribution in [0.3, 0.4) is 0 Å². The summed E-state index contributed by atoms with van der Waals surface area (Å²) >= 11 is 0. The number of hydrogen-bond acceptors (Lipinski definition) is 6. The van der Waals surface area contributed by atoms with Gasteiger partial charge in [-0.25, -0.2) is 0 Å². The molecular formula is C56H94O6. The lowest BCUT2D eigenvalue weighted by atomic mass is 10.1. The van der Waals surface area contributed by atoms with Crippen molar-refractivity contribution in [3.63, 3.8) is 0 Å². The van der Waals surface area contributed by atoms with Crippen LogP contribution in [0.15, 0.2) is 85.1 Å². The van der Waals surface area contributed by atoms with E-state index in [-0.39, 0.29) is 31.1 Å². The van der Waals surface area contributed by atoms with Crippen LogP contribution in [0.4, 0.5) is 0 Å². The first-order valence-electron chi connectivity index (χ1n) is 25.6. The van der Waals surface area contributed by atoms with Gasteiger partial charge in [-0.1, -0.05) is 183 Å². The molecule has 0 fully saturated rings. The third kappa shape index (κ3) is 47.6. The standard InChI is InChI=1S/C56H94O6/c1-4-7-10-13-16-19-22-25-26-27-28-29-30-32-34-37-40-43-46-49-55(58)61-52-53(51-60-54(57)48-45-42-39-36-33-24-21-18-15-12-9-6-3)62-56(59)50-47-44-41-38-35-31-23-20-17-14-11-8-5-2/h7,10,16,18-19,21,25-26,28-29,31-32,34-35,53H,4-6,8-9,11-15,17,20,22-24,27,30,33,36-52H2,1-3H3/b10-7-,19-16-,21-18-,26-25-,29-28-,34-32-,35-31-. The molecule has 0 N–H and O–H groups in total. The fourth-order valence-corrected chi connectivity index (χ4v) is 6.75. The fourth-order valence-electron chi connectivity index (χ4n) is 6.75. The molecule has 6 heteroatoms. The summed E-state index contributed by atoms with van der Waals surface area (Å²) in [6.07, 6.45) is 64.2. The molecule has 1 atom stereocenters. The summed E-state index contributed by atoms with van der Waals surface area (Å²) in [5, 5.41) is 0. The van der Waals surface area contributed by atoms with E-state index in [2.05, 4.69) is 106 Å². The Labute approximate surface area is 382 Å². The van der Waals surface area contributed by atoms with Crippen LogP contribution in [0.5, 0.6) is 0 Å². The van der Waals surface area contributed by atoms with Crippen LogP contribution in [0.1, 0.15) is 233 Å². The molecule has 0 radical (unpaired) electrons. The highest BCUT2D eigenvalue weighted by Crippen LogP contribution is 2.13. The Bertz CT molecular complexity index is 1220. The highest BCUT2D eigenvalue weighted by molar-refractivity contribution is 5.71. The monoisotopic (exact) mass is 863 g/mol. The van der Waals surface area contributed by atoms with E-state index in [1.54, 1.807) is 0 Å². The van der Waals surface area contributed by atoms with Gasteiger partial charge in [0.1, 0.15) is 13.2 Å². The Hall–Kier alpha value is -3.41. The van der Waals surface area contributed by atoms with Crippen LogP contribution >= 0.6 is 0 Å². The largest absolute Gasteiger partial charge is 0.462 e. The van der Waals surface area contributed by atoms with Crippen LogP contribution in [0, 0.1) is 0 Å². The van der Waals surface area contributed by atoms with Crippen molar-refractivity contribution in [2.24, 2.45) is 0 Å². The molecule has 0 aliphatic rings. The lowest BCUT2D eigenvalue weighted by Crippen LogP contribution is -2.30. The Morgan fingerprint density at radius 2 is 0.629 bits per heavy atom. The van der Waals surface area contributed by atoms with E-state index in [1.165, 1.54) is 70.6 Å². The van der Waals surface area contributed by atoms with Crippen molar-refractivity contribution in [2.45, 2.75) is 239 Å². The maximum Gasteiger partial charge on any atom is 0.306 e. The van der Waals surface area contributed by atoms with Gasteiger partial charge in [-0.2, -0.15) is 0 Å². The van der Waals surface area contributed by atoms with E-state index in [0.29, 0.717) is 19.3 Å². The van der Waals surface area contributed by atoms with E-state index >= 15 is 0 Å². The van der Waals surface area contributed by atoms with Crippen molar-refractivity contribution in [1.29, 1.82) is 0 Å². The molecule has 0 aromatic heterocycles. The van der Waals surface area contributed by atoms with E-state index in [4.69, 9.17) is 14.2 Å². The van der Waals surface area contributed by atoms with E-state index < -0.39 is 6.10 Å². The first-order chi connectivity index (χ1) is 30.5. The second-order valence-corrected chi connectivity index (χ2v) is 16.7. The van der Waals surface area contributed by atoms with E-state index in [9.17, 15) is 14.4 Å². The second kappa shape index (κ2) is 50.2. The molecule has 0 aliphatic heterocycles. The first kappa shape index (κ1) is 58.6. The van der Waals surface area contributed by atoms with Crippen molar-refractivity contribution >= 4 is 17.9 Å². The van der Waals surface area contributed by atoms with Gasteiger partial charge in [-0.05, 0) is 116 Å². The number of rotatable bonds is 45. The average Bonchev–Trinajstić information content (AvgIpc) is 3.27. The number of hydrogen-bond donors (Lipinski definition) is 0. The van der Waals surface area contributed by atoms with Crippen LogP contribution in [0.2, 0.25) is 0 Å². The lowest BCUT2D eigenvalue weighted by molar-refractivity contribution is -0.167. The van der Waals surface area contributed by atoms with Gasteiger partial charge in [0.15, 0.2) is 6.10 Å². The third-order valence-corrected chi connectivity index (χ3v) is 10.6. The zero-order chi connectivity index (χ0) is 45.1. The number of esters is 3. The number of carbonyl (C=O) groups excluding carboxylic acids is 3. The minimum Gasteiger partial charge on any atom is -0.462 e. The maximum atomic E-state index is 12.8. The molecule has 0 bridgehead atoms. The smallest absolute Gasteiger partial charge is 0.306 e. The average molecular weight is 863 g/mol. The Morgan fingerprint density at radius 3 is 1.05 bits per heavy atom. The van der Waals surface area contributed by atoms with Crippen molar-refractivity contribution < 1.29 is 28.6 Å². The lowest BCUT2D eigenvalue weighted by Gasteiger charge is -2.18. The van der Waals surface area contributed by atoms with Gasteiger partial charge in [0.05, 0.1) is 0 Å². The van der Waals surface area contributed by atoms with Crippen molar-refractivity contribution in [2.75, 3.05) is 13.2 Å². The summed E-state index contributed by atoms with van der Waals surface area (Å²) in [5.74, 6) is -0.959. The van der Waals surface area contributed by atoms with Crippen molar-refractivity contribution in [1.82, 2.24) is 0 Å². The third-order valence-electron chi connectivity index (χ3n) is 10.6. The molecule has 0 heterocycles. The van der Waals surface area contributed by atoms with Gasteiger partial charge in [0.25, 0.3) is 0 Å². The summed E-state index contributed by atoms with van der Waals surface area (Å²) < 4.78 is 16.7. The Kier molecular flexibility index (Phi) is 47.5. The molecule has 6 nitrogen and oxygen atoms in total. The summed E-state index contributed by atoms with van der Waals surface area (Å²) in [6, 6.07) is 0. The molecule has 354 valence electrons.